The number of guanidine groups is 1. The van der Waals surface area contributed by atoms with Crippen LogP contribution >= 0.6 is 0 Å². The van der Waals surface area contributed by atoms with E-state index < -0.39 is 32.6 Å². The number of likely N-dealkylation sites (N-methyl/N-ethyl adjacent to an activating group) is 1. The van der Waals surface area contributed by atoms with E-state index in [9.17, 15) is 17.8 Å². The number of methoxy groups -OCH3 is 2. The van der Waals surface area contributed by atoms with Crippen molar-refractivity contribution < 1.29 is 31.6 Å². The van der Waals surface area contributed by atoms with Crippen molar-refractivity contribution in [1.82, 2.24) is 4.90 Å². The molecule has 0 radical (unpaired) electrons. The number of carbonyl (C=O) groups is 1. The predicted octanol–water partition coefficient (Wildman–Crippen LogP) is 3.11. The molecule has 194 valence electrons. The fourth-order valence-corrected chi connectivity index (χ4v) is 5.24. The highest BCUT2D eigenvalue weighted by molar-refractivity contribution is 7.86. The molecule has 37 heavy (non-hydrogen) atoms. The Morgan fingerprint density at radius 1 is 1.08 bits per heavy atom. The van der Waals surface area contributed by atoms with Crippen molar-refractivity contribution in [2.45, 2.75) is 10.8 Å². The minimum Gasteiger partial charge on any atom is -0.494 e. The lowest BCUT2D eigenvalue weighted by atomic mass is 9.81. The first-order valence-electron chi connectivity index (χ1n) is 11.2. The number of carbonyl (C=O) groups excluding carboxylic acids is 1. The van der Waals surface area contributed by atoms with Crippen molar-refractivity contribution in [3.05, 3.63) is 89.2 Å². The van der Waals surface area contributed by atoms with E-state index in [0.29, 0.717) is 16.7 Å². The van der Waals surface area contributed by atoms with Gasteiger partial charge >= 0.3 is 0 Å². The number of nitrogens with two attached hydrogens (primary N) is 1. The molecule has 0 aromatic heterocycles. The molecule has 0 saturated heterocycles. The van der Waals surface area contributed by atoms with Crippen LogP contribution in [0.2, 0.25) is 0 Å². The number of aliphatic imine (C=N–C) groups is 1. The third-order valence-corrected chi connectivity index (χ3v) is 7.52. The summed E-state index contributed by atoms with van der Waals surface area (Å²) in [5.74, 6) is -0.920. The molecule has 3 N–H and O–H groups in total. The summed E-state index contributed by atoms with van der Waals surface area (Å²) in [6, 6.07) is 17.6. The van der Waals surface area contributed by atoms with Gasteiger partial charge in [0.25, 0.3) is 16.0 Å². The normalized spacial score (nSPS) is 18.6. The highest BCUT2D eigenvalue weighted by Gasteiger charge is 2.49. The minimum atomic E-state index is -4.45. The van der Waals surface area contributed by atoms with E-state index in [2.05, 4.69) is 4.99 Å². The van der Waals surface area contributed by atoms with E-state index in [-0.39, 0.29) is 29.4 Å². The minimum absolute atomic E-state index is 0.0118. The lowest BCUT2D eigenvalue weighted by Crippen LogP contribution is -2.41. The molecule has 2 unspecified atom stereocenters. The van der Waals surface area contributed by atoms with Crippen LogP contribution < -0.4 is 10.5 Å². The molecule has 0 fully saturated rings. The van der Waals surface area contributed by atoms with Gasteiger partial charge in [-0.1, -0.05) is 54.6 Å². The van der Waals surface area contributed by atoms with Crippen LogP contribution in [0.5, 0.6) is 5.75 Å². The lowest BCUT2D eigenvalue weighted by molar-refractivity contribution is -0.129. The zero-order valence-corrected chi connectivity index (χ0v) is 21.2. The van der Waals surface area contributed by atoms with Crippen molar-refractivity contribution in [2.75, 3.05) is 27.9 Å². The SMILES string of the molecule is COCC(c1ccc(C2(c3cccc(-c4cccc(OC)c4F)c3)N=C(N)N(C)C2=O)cc1)S(=O)(=O)O. The number of hydrogen-bond donors (Lipinski definition) is 2. The van der Waals surface area contributed by atoms with Crippen LogP contribution in [0.3, 0.4) is 0 Å². The van der Waals surface area contributed by atoms with Crippen molar-refractivity contribution in [2.24, 2.45) is 10.7 Å². The van der Waals surface area contributed by atoms with Crippen molar-refractivity contribution in [3.63, 3.8) is 0 Å². The van der Waals surface area contributed by atoms with Gasteiger partial charge in [-0.3, -0.25) is 14.2 Å². The zero-order valence-electron chi connectivity index (χ0n) is 20.4. The molecule has 0 saturated carbocycles. The van der Waals surface area contributed by atoms with Gasteiger partial charge in [-0.05, 0) is 34.4 Å². The van der Waals surface area contributed by atoms with E-state index in [1.54, 1.807) is 48.5 Å². The van der Waals surface area contributed by atoms with Crippen molar-refractivity contribution >= 4 is 22.0 Å². The summed E-state index contributed by atoms with van der Waals surface area (Å²) in [6.07, 6.45) is 0. The van der Waals surface area contributed by atoms with Crippen LogP contribution in [0.1, 0.15) is 21.9 Å². The van der Waals surface area contributed by atoms with Gasteiger partial charge in [-0.2, -0.15) is 8.42 Å². The van der Waals surface area contributed by atoms with E-state index in [0.717, 1.165) is 0 Å². The summed E-state index contributed by atoms with van der Waals surface area (Å²) < 4.78 is 58.5. The van der Waals surface area contributed by atoms with Gasteiger partial charge in [0.2, 0.25) is 0 Å². The van der Waals surface area contributed by atoms with E-state index in [1.165, 1.54) is 44.4 Å². The molecule has 1 heterocycles. The zero-order chi connectivity index (χ0) is 27.0. The third-order valence-electron chi connectivity index (χ3n) is 6.39. The monoisotopic (exact) mass is 527 g/mol. The van der Waals surface area contributed by atoms with Crippen LogP contribution in [0.25, 0.3) is 11.1 Å². The van der Waals surface area contributed by atoms with Gasteiger partial charge in [0, 0.05) is 19.7 Å². The number of amides is 1. The van der Waals surface area contributed by atoms with Crippen molar-refractivity contribution in [1.29, 1.82) is 0 Å². The highest BCUT2D eigenvalue weighted by atomic mass is 32.2. The van der Waals surface area contributed by atoms with Crippen LogP contribution in [-0.4, -0.2) is 57.6 Å². The largest absolute Gasteiger partial charge is 0.494 e. The molecule has 9 nitrogen and oxygen atoms in total. The number of rotatable bonds is 8. The molecule has 1 aliphatic heterocycles. The number of benzene rings is 3. The molecule has 3 aromatic rings. The molecule has 1 aliphatic rings. The molecule has 4 rings (SSSR count). The second kappa shape index (κ2) is 9.92. The maximum Gasteiger partial charge on any atom is 0.274 e. The Bertz CT molecular complexity index is 1480. The predicted molar refractivity (Wildman–Crippen MR) is 136 cm³/mol. The van der Waals surface area contributed by atoms with Gasteiger partial charge in [0.15, 0.2) is 23.1 Å². The second-order valence-electron chi connectivity index (χ2n) is 8.53. The molecule has 3 aromatic carbocycles. The van der Waals surface area contributed by atoms with Crippen LogP contribution in [0, 0.1) is 5.82 Å². The number of nitrogens with zero attached hydrogens (tertiary/aromatic N) is 2. The highest BCUT2D eigenvalue weighted by Crippen LogP contribution is 2.41. The van der Waals surface area contributed by atoms with E-state index in [1.807, 2.05) is 0 Å². The summed E-state index contributed by atoms with van der Waals surface area (Å²) in [4.78, 5) is 19.4. The van der Waals surface area contributed by atoms with Crippen LogP contribution in [-0.2, 0) is 25.2 Å². The number of ether oxygens (including phenoxy) is 2. The molecule has 0 aliphatic carbocycles. The fraction of sp³-hybridized carbons (Fsp3) is 0.231. The second-order valence-corrected chi connectivity index (χ2v) is 10.1. The first-order valence-corrected chi connectivity index (χ1v) is 12.7. The van der Waals surface area contributed by atoms with Gasteiger partial charge < -0.3 is 15.2 Å². The molecule has 2 atom stereocenters. The summed E-state index contributed by atoms with van der Waals surface area (Å²) >= 11 is 0. The molecular formula is C26H26FN3O6S. The Hall–Kier alpha value is -3.80. The average Bonchev–Trinajstić information content (AvgIpc) is 3.11. The summed E-state index contributed by atoms with van der Waals surface area (Å²) in [6.45, 7) is -0.260. The smallest absolute Gasteiger partial charge is 0.274 e. The van der Waals surface area contributed by atoms with E-state index in [4.69, 9.17) is 15.2 Å². The Labute approximate surface area is 214 Å². The summed E-state index contributed by atoms with van der Waals surface area (Å²) in [5, 5.41) is -1.31. The topological polar surface area (TPSA) is 132 Å². The fourth-order valence-electron chi connectivity index (χ4n) is 4.43. The summed E-state index contributed by atoms with van der Waals surface area (Å²) in [5.41, 5.74) is 6.33. The Morgan fingerprint density at radius 2 is 1.76 bits per heavy atom. The Kier molecular flexibility index (Phi) is 7.05. The molecular weight excluding hydrogens is 501 g/mol. The van der Waals surface area contributed by atoms with Gasteiger partial charge in [0.05, 0.1) is 13.7 Å². The summed E-state index contributed by atoms with van der Waals surface area (Å²) in [7, 11) is -0.252. The molecule has 11 heteroatoms. The average molecular weight is 528 g/mol. The standard InChI is InChI=1S/C26H26FN3O6S/c1-30-24(31)26(29-25(30)28,18-12-10-16(11-13-18)22(15-35-2)37(32,33)34)19-7-4-6-17(14-19)20-8-5-9-21(36-3)23(20)27/h4-14,22H,15H2,1-3H3,(H2,28,29)(H,32,33,34). The quantitative estimate of drug-likeness (QED) is 0.430. The molecule has 0 spiro atoms. The maximum atomic E-state index is 15.0. The maximum absolute atomic E-state index is 15.0. The van der Waals surface area contributed by atoms with E-state index >= 15 is 4.39 Å². The Balaban J connectivity index is 1.88. The van der Waals surface area contributed by atoms with Crippen LogP contribution in [0.15, 0.2) is 71.7 Å². The lowest BCUT2D eigenvalue weighted by Gasteiger charge is -2.27. The first-order chi connectivity index (χ1) is 17.5. The third kappa shape index (κ3) is 4.57. The molecule has 1 amide bonds. The Morgan fingerprint density at radius 3 is 2.32 bits per heavy atom. The van der Waals surface area contributed by atoms with Gasteiger partial charge in [-0.15, -0.1) is 0 Å². The van der Waals surface area contributed by atoms with Crippen LogP contribution in [0.4, 0.5) is 4.39 Å². The van der Waals surface area contributed by atoms with Crippen molar-refractivity contribution in [3.8, 4) is 16.9 Å². The number of hydrogen-bond acceptors (Lipinski definition) is 7. The van der Waals surface area contributed by atoms with Gasteiger partial charge in [0.1, 0.15) is 5.25 Å². The number of halogens is 1. The van der Waals surface area contributed by atoms with Gasteiger partial charge in [-0.25, -0.2) is 9.38 Å². The molecule has 0 bridgehead atoms. The first kappa shape index (κ1) is 26.3.